The molecule has 5 nitrogen and oxygen atoms in total. The summed E-state index contributed by atoms with van der Waals surface area (Å²) < 4.78 is 18.8. The van der Waals surface area contributed by atoms with E-state index in [1.165, 1.54) is 29.5 Å². The summed E-state index contributed by atoms with van der Waals surface area (Å²) in [5.74, 6) is -0.727. The van der Waals surface area contributed by atoms with Gasteiger partial charge in [0.2, 0.25) is 0 Å². The van der Waals surface area contributed by atoms with Gasteiger partial charge in [-0.2, -0.15) is 0 Å². The number of nitrogens with zero attached hydrogens (tertiary/aromatic N) is 1. The number of H-pyrrole nitrogens is 1. The molecule has 0 unspecified atom stereocenters. The van der Waals surface area contributed by atoms with Gasteiger partial charge in [-0.15, -0.1) is 11.3 Å². The van der Waals surface area contributed by atoms with Crippen molar-refractivity contribution in [1.29, 1.82) is 0 Å². The molecule has 0 saturated heterocycles. The number of hydrogen-bond acceptors (Lipinski definition) is 5. The van der Waals surface area contributed by atoms with Crippen molar-refractivity contribution in [2.75, 3.05) is 0 Å². The number of hydrogen-bond donors (Lipinski definition) is 1. The smallest absolute Gasteiger partial charge is 0.341 e. The topological polar surface area (TPSA) is 72.0 Å². The Kier molecular flexibility index (Phi) is 5.70. The van der Waals surface area contributed by atoms with Crippen molar-refractivity contribution < 1.29 is 13.9 Å². The quantitative estimate of drug-likeness (QED) is 0.636. The molecule has 27 heavy (non-hydrogen) atoms. The van der Waals surface area contributed by atoms with Crippen molar-refractivity contribution in [1.82, 2.24) is 9.97 Å². The number of rotatable bonds is 6. The maximum absolute atomic E-state index is 13.6. The number of aryl methyl sites for hydroxylation is 1. The first-order valence-corrected chi connectivity index (χ1v) is 9.65. The molecule has 1 N–H and O–H groups in total. The van der Waals surface area contributed by atoms with E-state index in [4.69, 9.17) is 4.74 Å². The van der Waals surface area contributed by atoms with Gasteiger partial charge in [0.15, 0.2) is 0 Å². The number of halogens is 1. The van der Waals surface area contributed by atoms with Crippen LogP contribution in [0.1, 0.15) is 46.9 Å². The zero-order chi connectivity index (χ0) is 19.6. The van der Waals surface area contributed by atoms with Crippen molar-refractivity contribution >= 4 is 27.5 Å². The summed E-state index contributed by atoms with van der Waals surface area (Å²) in [5, 5.41) is 0.613. The fourth-order valence-electron chi connectivity index (χ4n) is 2.87. The van der Waals surface area contributed by atoms with Gasteiger partial charge in [0.05, 0.1) is 10.9 Å². The highest BCUT2D eigenvalue weighted by Gasteiger charge is 2.18. The van der Waals surface area contributed by atoms with Crippen LogP contribution < -0.4 is 5.56 Å². The Morgan fingerprint density at radius 2 is 2.11 bits per heavy atom. The monoisotopic (exact) mass is 388 g/mol. The number of nitrogens with one attached hydrogen (secondary N) is 1. The van der Waals surface area contributed by atoms with E-state index in [1.807, 2.05) is 6.92 Å². The number of ether oxygens (including phenoxy) is 1. The number of esters is 1. The third kappa shape index (κ3) is 4.08. The summed E-state index contributed by atoms with van der Waals surface area (Å²) >= 11 is 1.46. The van der Waals surface area contributed by atoms with E-state index in [1.54, 1.807) is 6.07 Å². The van der Waals surface area contributed by atoms with Gasteiger partial charge in [-0.25, -0.2) is 14.2 Å². The number of aromatic nitrogens is 2. The number of carbonyl (C=O) groups excluding carboxylic acids is 1. The molecule has 0 saturated carbocycles. The van der Waals surface area contributed by atoms with Crippen LogP contribution >= 0.6 is 11.3 Å². The molecular weight excluding hydrogens is 367 g/mol. The molecule has 0 amide bonds. The fraction of sp³-hybridized carbons (Fsp3) is 0.350. The van der Waals surface area contributed by atoms with Crippen LogP contribution in [-0.4, -0.2) is 15.9 Å². The number of thiophene rings is 1. The molecule has 0 spiro atoms. The summed E-state index contributed by atoms with van der Waals surface area (Å²) in [5.41, 5.74) is 0.649. The van der Waals surface area contributed by atoms with E-state index < -0.39 is 11.8 Å². The van der Waals surface area contributed by atoms with Gasteiger partial charge in [-0.05, 0) is 37.0 Å². The summed E-state index contributed by atoms with van der Waals surface area (Å²) in [7, 11) is 0. The third-order valence-corrected chi connectivity index (χ3v) is 5.64. The average Bonchev–Trinajstić information content (AvgIpc) is 2.95. The van der Waals surface area contributed by atoms with Gasteiger partial charge >= 0.3 is 5.97 Å². The van der Waals surface area contributed by atoms with Gasteiger partial charge in [-0.3, -0.25) is 4.79 Å². The number of carbonyl (C=O) groups is 1. The van der Waals surface area contributed by atoms with Crippen LogP contribution in [0.2, 0.25) is 0 Å². The second-order valence-corrected chi connectivity index (χ2v) is 7.81. The molecule has 0 bridgehead atoms. The first-order valence-electron chi connectivity index (χ1n) is 8.83. The van der Waals surface area contributed by atoms with Crippen LogP contribution in [0.3, 0.4) is 0 Å². The zero-order valence-corrected chi connectivity index (χ0v) is 16.3. The molecule has 2 aromatic heterocycles. The predicted octanol–water partition coefficient (Wildman–Crippen LogP) is 4.38. The normalized spacial score (nSPS) is 12.3. The fourth-order valence-corrected chi connectivity index (χ4v) is 3.94. The second kappa shape index (κ2) is 8.00. The van der Waals surface area contributed by atoms with Crippen LogP contribution in [0.5, 0.6) is 0 Å². The van der Waals surface area contributed by atoms with E-state index >= 15 is 0 Å². The summed E-state index contributed by atoms with van der Waals surface area (Å²) in [6.45, 7) is 6.04. The van der Waals surface area contributed by atoms with E-state index in [0.717, 1.165) is 23.3 Å². The lowest BCUT2D eigenvalue weighted by Crippen LogP contribution is -2.15. The highest BCUT2D eigenvalue weighted by atomic mass is 32.1. The average molecular weight is 388 g/mol. The molecule has 1 atom stereocenters. The summed E-state index contributed by atoms with van der Waals surface area (Å²) in [6, 6.07) is 5.59. The van der Waals surface area contributed by atoms with Crippen molar-refractivity contribution in [2.45, 2.75) is 40.2 Å². The van der Waals surface area contributed by atoms with Gasteiger partial charge < -0.3 is 9.72 Å². The highest BCUT2D eigenvalue weighted by Crippen LogP contribution is 2.29. The van der Waals surface area contributed by atoms with Gasteiger partial charge in [0.1, 0.15) is 23.1 Å². The number of fused-ring (bicyclic) bond motifs is 1. The molecule has 0 aliphatic heterocycles. The molecule has 0 aliphatic rings. The van der Waals surface area contributed by atoms with Crippen LogP contribution in [0.15, 0.2) is 29.1 Å². The van der Waals surface area contributed by atoms with Crippen LogP contribution in [0.4, 0.5) is 4.39 Å². The molecule has 0 fully saturated rings. The van der Waals surface area contributed by atoms with E-state index in [2.05, 4.69) is 23.8 Å². The van der Waals surface area contributed by atoms with E-state index in [-0.39, 0.29) is 23.6 Å². The standard InChI is InChI=1S/C20H21FN2O3S/c1-4-11(2)9-14-12(3)27-19-17(14)18(24)22-16(23-19)10-26-20(25)13-7-5-6-8-15(13)21/h5-8,11H,4,9-10H2,1-3H3,(H,22,23,24)/t11-/m1/s1. The molecule has 3 aromatic rings. The van der Waals surface area contributed by atoms with E-state index in [0.29, 0.717) is 16.1 Å². The van der Waals surface area contributed by atoms with Crippen molar-refractivity contribution in [2.24, 2.45) is 5.92 Å². The second-order valence-electron chi connectivity index (χ2n) is 6.60. The molecule has 142 valence electrons. The largest absolute Gasteiger partial charge is 0.454 e. The molecule has 0 radical (unpaired) electrons. The molecule has 0 aliphatic carbocycles. The Labute approximate surface area is 160 Å². The summed E-state index contributed by atoms with van der Waals surface area (Å²) in [6.07, 6.45) is 1.86. The number of benzene rings is 1. The van der Waals surface area contributed by atoms with Crippen LogP contribution in [0.25, 0.3) is 10.2 Å². The van der Waals surface area contributed by atoms with Gasteiger partial charge in [-0.1, -0.05) is 32.4 Å². The molecular formula is C20H21FN2O3S. The van der Waals surface area contributed by atoms with Crippen molar-refractivity contribution in [3.8, 4) is 0 Å². The Morgan fingerprint density at radius 3 is 2.81 bits per heavy atom. The highest BCUT2D eigenvalue weighted by molar-refractivity contribution is 7.18. The van der Waals surface area contributed by atoms with Gasteiger partial charge in [0, 0.05) is 4.88 Å². The Hall–Kier alpha value is -2.54. The molecule has 1 aromatic carbocycles. The lowest BCUT2D eigenvalue weighted by molar-refractivity contribution is 0.0457. The predicted molar refractivity (Wildman–Crippen MR) is 104 cm³/mol. The van der Waals surface area contributed by atoms with Crippen molar-refractivity contribution in [3.05, 3.63) is 62.3 Å². The zero-order valence-electron chi connectivity index (χ0n) is 15.5. The third-order valence-electron chi connectivity index (χ3n) is 4.60. The first-order chi connectivity index (χ1) is 12.9. The Morgan fingerprint density at radius 1 is 1.37 bits per heavy atom. The van der Waals surface area contributed by atoms with E-state index in [9.17, 15) is 14.0 Å². The minimum atomic E-state index is -0.796. The number of aromatic amines is 1. The van der Waals surface area contributed by atoms with Crippen LogP contribution in [-0.2, 0) is 17.8 Å². The lowest BCUT2D eigenvalue weighted by atomic mass is 9.98. The van der Waals surface area contributed by atoms with Gasteiger partial charge in [0.25, 0.3) is 5.56 Å². The maximum Gasteiger partial charge on any atom is 0.341 e. The SMILES string of the molecule is CC[C@@H](C)Cc1c(C)sc2nc(COC(=O)c3ccccc3F)[nH]c(=O)c12. The Balaban J connectivity index is 1.84. The summed E-state index contributed by atoms with van der Waals surface area (Å²) in [4.78, 5) is 33.4. The molecule has 3 rings (SSSR count). The maximum atomic E-state index is 13.6. The molecule has 2 heterocycles. The Bertz CT molecular complexity index is 1040. The minimum absolute atomic E-state index is 0.149. The molecule has 7 heteroatoms. The van der Waals surface area contributed by atoms with Crippen LogP contribution in [0, 0.1) is 18.7 Å². The lowest BCUT2D eigenvalue weighted by Gasteiger charge is -2.08. The van der Waals surface area contributed by atoms with Crippen molar-refractivity contribution in [3.63, 3.8) is 0 Å². The minimum Gasteiger partial charge on any atom is -0.454 e. The first kappa shape index (κ1) is 19.2.